The minimum atomic E-state index is -0.392. The number of nitrogens with zero attached hydrogens (tertiary/aromatic N) is 3. The van der Waals surface area contributed by atoms with Crippen LogP contribution in [0.2, 0.25) is 0 Å². The molecule has 132 valence electrons. The first-order valence-electron chi connectivity index (χ1n) is 8.08. The number of Topliss-reactive ketones (excluding diaryl/α,β-unsaturated/α-hetero) is 1. The van der Waals surface area contributed by atoms with E-state index in [1.165, 1.54) is 19.2 Å². The highest BCUT2D eigenvalue weighted by Gasteiger charge is 2.10. The number of aromatic nitrogens is 2. The zero-order valence-corrected chi connectivity index (χ0v) is 14.4. The quantitative estimate of drug-likeness (QED) is 0.676. The Bertz CT molecular complexity index is 1020. The van der Waals surface area contributed by atoms with E-state index in [0.717, 1.165) is 0 Å². The van der Waals surface area contributed by atoms with Gasteiger partial charge in [0.1, 0.15) is 5.69 Å². The summed E-state index contributed by atoms with van der Waals surface area (Å²) in [6.45, 7) is 1.50. The van der Waals surface area contributed by atoms with Crippen LogP contribution >= 0.6 is 0 Å². The molecule has 0 saturated heterocycles. The van der Waals surface area contributed by atoms with Crippen molar-refractivity contribution in [2.75, 3.05) is 10.6 Å². The van der Waals surface area contributed by atoms with Crippen LogP contribution in [-0.4, -0.2) is 21.7 Å². The van der Waals surface area contributed by atoms with Gasteiger partial charge in [0, 0.05) is 23.1 Å². The number of benzene rings is 2. The minimum Gasteiger partial charge on any atom is -0.324 e. The summed E-state index contributed by atoms with van der Waals surface area (Å²) in [6.07, 6.45) is 1.48. The zero-order valence-electron chi connectivity index (χ0n) is 14.4. The predicted molar refractivity (Wildman–Crippen MR) is 101 cm³/mol. The van der Waals surface area contributed by atoms with Crippen molar-refractivity contribution in [3.63, 3.8) is 0 Å². The molecule has 0 unspecified atom stereocenters. The average Bonchev–Trinajstić information content (AvgIpc) is 2.69. The second-order valence-electron chi connectivity index (χ2n) is 5.67. The molecule has 7 heteroatoms. The van der Waals surface area contributed by atoms with Crippen LogP contribution in [0, 0.1) is 11.3 Å². The molecule has 27 heavy (non-hydrogen) atoms. The lowest BCUT2D eigenvalue weighted by molar-refractivity contribution is 0.101. The highest BCUT2D eigenvalue weighted by molar-refractivity contribution is 6.03. The molecule has 0 spiro atoms. The molecule has 2 aromatic carbocycles. The van der Waals surface area contributed by atoms with Crippen molar-refractivity contribution in [3.05, 3.63) is 77.6 Å². The second kappa shape index (κ2) is 7.89. The van der Waals surface area contributed by atoms with Gasteiger partial charge in [-0.15, -0.1) is 0 Å². The van der Waals surface area contributed by atoms with E-state index in [1.54, 1.807) is 48.5 Å². The molecule has 1 amide bonds. The maximum Gasteiger partial charge on any atom is 0.274 e. The Hall–Kier alpha value is -4.05. The minimum absolute atomic E-state index is 0.0146. The van der Waals surface area contributed by atoms with Gasteiger partial charge in [0.25, 0.3) is 5.91 Å². The summed E-state index contributed by atoms with van der Waals surface area (Å²) in [5.41, 5.74) is 2.57. The van der Waals surface area contributed by atoms with E-state index in [9.17, 15) is 9.59 Å². The van der Waals surface area contributed by atoms with Gasteiger partial charge in [-0.1, -0.05) is 0 Å². The fourth-order valence-electron chi connectivity index (χ4n) is 2.29. The van der Waals surface area contributed by atoms with Crippen molar-refractivity contribution in [1.29, 1.82) is 5.26 Å². The summed E-state index contributed by atoms with van der Waals surface area (Å²) < 4.78 is 0. The summed E-state index contributed by atoms with van der Waals surface area (Å²) in [6, 6.07) is 16.9. The Morgan fingerprint density at radius 1 is 0.963 bits per heavy atom. The largest absolute Gasteiger partial charge is 0.324 e. The number of ketones is 1. The first-order chi connectivity index (χ1) is 13.0. The number of carbonyl (C=O) groups is 2. The molecular formula is C20H15N5O2. The van der Waals surface area contributed by atoms with E-state index >= 15 is 0 Å². The van der Waals surface area contributed by atoms with Crippen molar-refractivity contribution in [2.45, 2.75) is 6.92 Å². The van der Waals surface area contributed by atoms with Crippen molar-refractivity contribution in [2.24, 2.45) is 0 Å². The highest BCUT2D eigenvalue weighted by atomic mass is 16.2. The van der Waals surface area contributed by atoms with E-state index in [4.69, 9.17) is 5.26 Å². The number of hydrogen-bond acceptors (Lipinski definition) is 6. The van der Waals surface area contributed by atoms with Crippen molar-refractivity contribution in [3.8, 4) is 6.07 Å². The van der Waals surface area contributed by atoms with Crippen LogP contribution in [0.15, 0.2) is 60.8 Å². The number of carbonyl (C=O) groups excluding carboxylic acids is 2. The lowest BCUT2D eigenvalue weighted by Gasteiger charge is -2.08. The zero-order chi connectivity index (χ0) is 19.2. The summed E-state index contributed by atoms with van der Waals surface area (Å²) in [5, 5.41) is 14.5. The number of rotatable bonds is 5. The topological polar surface area (TPSA) is 108 Å². The van der Waals surface area contributed by atoms with E-state index in [0.29, 0.717) is 22.5 Å². The molecule has 0 atom stereocenters. The van der Waals surface area contributed by atoms with Gasteiger partial charge in [0.2, 0.25) is 5.95 Å². The summed E-state index contributed by atoms with van der Waals surface area (Å²) in [5.74, 6) is -0.144. The monoisotopic (exact) mass is 357 g/mol. The molecule has 0 bridgehead atoms. The van der Waals surface area contributed by atoms with E-state index < -0.39 is 5.91 Å². The first kappa shape index (κ1) is 17.8. The molecule has 1 heterocycles. The van der Waals surface area contributed by atoms with E-state index in [1.807, 2.05) is 6.07 Å². The van der Waals surface area contributed by atoms with E-state index in [2.05, 4.69) is 20.6 Å². The van der Waals surface area contributed by atoms with Gasteiger partial charge >= 0.3 is 0 Å². The van der Waals surface area contributed by atoms with Crippen LogP contribution in [0.3, 0.4) is 0 Å². The molecule has 7 nitrogen and oxygen atoms in total. The van der Waals surface area contributed by atoms with Crippen LogP contribution in [-0.2, 0) is 0 Å². The molecule has 2 N–H and O–H groups in total. The second-order valence-corrected chi connectivity index (χ2v) is 5.67. The molecule has 0 aliphatic rings. The van der Waals surface area contributed by atoms with Gasteiger partial charge in [-0.05, 0) is 61.5 Å². The molecule has 0 saturated carbocycles. The Morgan fingerprint density at radius 3 is 2.26 bits per heavy atom. The third kappa shape index (κ3) is 4.52. The number of hydrogen-bond donors (Lipinski definition) is 2. The Kier molecular flexibility index (Phi) is 5.19. The number of nitrogens with one attached hydrogen (secondary N) is 2. The summed E-state index contributed by atoms with van der Waals surface area (Å²) >= 11 is 0. The Morgan fingerprint density at radius 2 is 1.63 bits per heavy atom. The summed E-state index contributed by atoms with van der Waals surface area (Å²) in [7, 11) is 0. The summed E-state index contributed by atoms with van der Waals surface area (Å²) in [4.78, 5) is 32.0. The smallest absolute Gasteiger partial charge is 0.274 e. The first-order valence-corrected chi connectivity index (χ1v) is 8.08. The van der Waals surface area contributed by atoms with Gasteiger partial charge in [-0.2, -0.15) is 5.26 Å². The SMILES string of the molecule is CC(=O)c1ccc(Nc2nccc(C(=O)Nc3ccc(C#N)cc3)n2)cc1. The molecule has 0 aliphatic carbocycles. The van der Waals surface area contributed by atoms with Crippen molar-refractivity contribution >= 4 is 29.0 Å². The van der Waals surface area contributed by atoms with Gasteiger partial charge in [-0.3, -0.25) is 9.59 Å². The van der Waals surface area contributed by atoms with Crippen LogP contribution < -0.4 is 10.6 Å². The lowest BCUT2D eigenvalue weighted by Crippen LogP contribution is -2.14. The molecule has 3 rings (SSSR count). The van der Waals surface area contributed by atoms with Crippen LogP contribution in [0.25, 0.3) is 0 Å². The molecule has 0 fully saturated rings. The molecule has 1 aromatic heterocycles. The van der Waals surface area contributed by atoms with Crippen molar-refractivity contribution in [1.82, 2.24) is 9.97 Å². The van der Waals surface area contributed by atoms with Gasteiger partial charge < -0.3 is 10.6 Å². The lowest BCUT2D eigenvalue weighted by atomic mass is 10.1. The number of anilines is 3. The van der Waals surface area contributed by atoms with Gasteiger partial charge in [0.05, 0.1) is 11.6 Å². The average molecular weight is 357 g/mol. The maximum atomic E-state index is 12.4. The molecule has 3 aromatic rings. The normalized spacial score (nSPS) is 9.93. The van der Waals surface area contributed by atoms with Crippen molar-refractivity contribution < 1.29 is 9.59 Å². The highest BCUT2D eigenvalue weighted by Crippen LogP contribution is 2.15. The van der Waals surface area contributed by atoms with E-state index in [-0.39, 0.29) is 17.4 Å². The van der Waals surface area contributed by atoms with Crippen LogP contribution in [0.1, 0.15) is 33.3 Å². The molecule has 0 radical (unpaired) electrons. The fraction of sp³-hybridized carbons (Fsp3) is 0.0500. The standard InChI is InChI=1S/C20H15N5O2/c1-13(26)15-4-8-17(9-5-15)24-20-22-11-10-18(25-20)19(27)23-16-6-2-14(12-21)3-7-16/h2-11H,1H3,(H,23,27)(H,22,24,25). The van der Waals surface area contributed by atoms with Crippen LogP contribution in [0.5, 0.6) is 0 Å². The Balaban J connectivity index is 1.71. The predicted octanol–water partition coefficient (Wildman–Crippen LogP) is 3.55. The third-order valence-corrected chi connectivity index (χ3v) is 3.71. The van der Waals surface area contributed by atoms with Gasteiger partial charge in [0.15, 0.2) is 5.78 Å². The number of nitriles is 1. The van der Waals surface area contributed by atoms with Crippen LogP contribution in [0.4, 0.5) is 17.3 Å². The Labute approximate surface area is 155 Å². The third-order valence-electron chi connectivity index (χ3n) is 3.71. The molecular weight excluding hydrogens is 342 g/mol. The van der Waals surface area contributed by atoms with Gasteiger partial charge in [-0.25, -0.2) is 9.97 Å². The molecule has 0 aliphatic heterocycles. The fourth-order valence-corrected chi connectivity index (χ4v) is 2.29. The number of amides is 1. The maximum absolute atomic E-state index is 12.4.